The van der Waals surface area contributed by atoms with E-state index in [0.29, 0.717) is 5.95 Å². The van der Waals surface area contributed by atoms with Gasteiger partial charge in [-0.15, -0.1) is 0 Å². The van der Waals surface area contributed by atoms with Gasteiger partial charge in [0.05, 0.1) is 24.2 Å². The highest BCUT2D eigenvalue weighted by molar-refractivity contribution is 5.90. The Kier molecular flexibility index (Phi) is 6.34. The number of imidazole rings is 1. The lowest BCUT2D eigenvalue weighted by Crippen LogP contribution is -2.64. The highest BCUT2D eigenvalue weighted by Gasteiger charge is 2.48. The molecule has 2 aromatic carbocycles. The molecule has 0 bridgehead atoms. The molecule has 176 valence electrons. The summed E-state index contributed by atoms with van der Waals surface area (Å²) in [7, 11) is 5.73. The standard InChI is InChI=1S/C26H35N5O2/c1-7-18-12-13-19(33-6)16-20(18)26(3)14-15-30(4)17(2)23(26)31(5)25(32)29-24-27-21-10-8-9-11-22(21)28-24/h8-13,16-17,23H,7,14-15H2,1-6H3,(H2,27,28,29,32)/t17?,23-,26+/m0/s1. The van der Waals surface area contributed by atoms with Gasteiger partial charge in [-0.2, -0.15) is 0 Å². The van der Waals surface area contributed by atoms with Crippen molar-refractivity contribution in [1.29, 1.82) is 0 Å². The summed E-state index contributed by atoms with van der Waals surface area (Å²) in [6.07, 6.45) is 1.88. The first-order chi connectivity index (χ1) is 15.8. The third-order valence-corrected chi connectivity index (χ3v) is 7.45. The minimum Gasteiger partial charge on any atom is -0.497 e. The number of nitrogens with zero attached hydrogens (tertiary/aromatic N) is 3. The summed E-state index contributed by atoms with van der Waals surface area (Å²) in [6.45, 7) is 7.65. The molecule has 2 heterocycles. The molecule has 0 radical (unpaired) electrons. The van der Waals surface area contributed by atoms with E-state index in [1.807, 2.05) is 42.3 Å². The summed E-state index contributed by atoms with van der Waals surface area (Å²) in [5, 5.41) is 2.98. The Morgan fingerprint density at radius 1 is 1.33 bits per heavy atom. The Hall–Kier alpha value is -3.06. The number of amides is 2. The van der Waals surface area contributed by atoms with Crippen LogP contribution in [0.3, 0.4) is 0 Å². The smallest absolute Gasteiger partial charge is 0.324 e. The van der Waals surface area contributed by atoms with Crippen LogP contribution in [0.15, 0.2) is 42.5 Å². The molecule has 3 atom stereocenters. The van der Waals surface area contributed by atoms with Gasteiger partial charge in [0.25, 0.3) is 0 Å². The maximum Gasteiger partial charge on any atom is 0.324 e. The van der Waals surface area contributed by atoms with Crippen molar-refractivity contribution in [2.24, 2.45) is 0 Å². The first-order valence-corrected chi connectivity index (χ1v) is 11.6. The predicted octanol–water partition coefficient (Wildman–Crippen LogP) is 4.65. The number of fused-ring (bicyclic) bond motifs is 1. The molecule has 33 heavy (non-hydrogen) atoms. The lowest BCUT2D eigenvalue weighted by Gasteiger charge is -2.53. The monoisotopic (exact) mass is 449 g/mol. The van der Waals surface area contributed by atoms with Crippen molar-refractivity contribution in [3.63, 3.8) is 0 Å². The molecule has 1 aliphatic heterocycles. The van der Waals surface area contributed by atoms with Crippen LogP contribution in [-0.4, -0.2) is 65.6 Å². The van der Waals surface area contributed by atoms with E-state index in [-0.39, 0.29) is 23.5 Å². The third-order valence-electron chi connectivity index (χ3n) is 7.45. The molecule has 7 heteroatoms. The van der Waals surface area contributed by atoms with Gasteiger partial charge in [0.2, 0.25) is 5.95 Å². The van der Waals surface area contributed by atoms with E-state index in [1.54, 1.807) is 7.11 Å². The van der Waals surface area contributed by atoms with Crippen molar-refractivity contribution in [3.05, 3.63) is 53.6 Å². The number of hydrogen-bond donors (Lipinski definition) is 2. The molecule has 0 aliphatic carbocycles. The van der Waals surface area contributed by atoms with Crippen molar-refractivity contribution in [2.45, 2.75) is 51.1 Å². The van der Waals surface area contributed by atoms with Crippen LogP contribution in [0.5, 0.6) is 5.75 Å². The van der Waals surface area contributed by atoms with Crippen LogP contribution < -0.4 is 10.1 Å². The van der Waals surface area contributed by atoms with Gasteiger partial charge in [-0.25, -0.2) is 9.78 Å². The molecule has 1 aromatic heterocycles. The van der Waals surface area contributed by atoms with Gasteiger partial charge in [0, 0.05) is 18.5 Å². The lowest BCUT2D eigenvalue weighted by molar-refractivity contribution is 0.0396. The minimum atomic E-state index is -0.230. The zero-order valence-electron chi connectivity index (χ0n) is 20.5. The van der Waals surface area contributed by atoms with Crippen LogP contribution in [-0.2, 0) is 11.8 Å². The number of aromatic nitrogens is 2. The molecule has 2 N–H and O–H groups in total. The van der Waals surface area contributed by atoms with Crippen LogP contribution in [0, 0.1) is 0 Å². The fourth-order valence-electron chi connectivity index (χ4n) is 5.43. The topological polar surface area (TPSA) is 73.5 Å². The number of methoxy groups -OCH3 is 1. The first kappa shape index (κ1) is 23.1. The van der Waals surface area contributed by atoms with Crippen LogP contribution in [0.4, 0.5) is 10.7 Å². The fourth-order valence-corrected chi connectivity index (χ4v) is 5.43. The number of carbonyl (C=O) groups excluding carboxylic acids is 1. The molecule has 3 aromatic rings. The maximum absolute atomic E-state index is 13.4. The van der Waals surface area contributed by atoms with E-state index in [0.717, 1.165) is 36.2 Å². The number of urea groups is 1. The number of hydrogen-bond acceptors (Lipinski definition) is 4. The quantitative estimate of drug-likeness (QED) is 0.595. The number of aromatic amines is 1. The number of benzene rings is 2. The van der Waals surface area contributed by atoms with Crippen molar-refractivity contribution in [3.8, 4) is 5.75 Å². The van der Waals surface area contributed by atoms with Gasteiger partial charge in [0.1, 0.15) is 5.75 Å². The van der Waals surface area contributed by atoms with Crippen molar-refractivity contribution in [2.75, 3.05) is 33.1 Å². The second-order valence-electron chi connectivity index (χ2n) is 9.35. The molecule has 1 aliphatic rings. The summed E-state index contributed by atoms with van der Waals surface area (Å²) in [5.41, 5.74) is 4.06. The number of likely N-dealkylation sites (tertiary alicyclic amines) is 1. The van der Waals surface area contributed by atoms with Gasteiger partial charge in [-0.3, -0.25) is 5.32 Å². The summed E-state index contributed by atoms with van der Waals surface area (Å²) >= 11 is 0. The average molecular weight is 450 g/mol. The van der Waals surface area contributed by atoms with Gasteiger partial charge < -0.3 is 19.5 Å². The summed E-state index contributed by atoms with van der Waals surface area (Å²) in [6, 6.07) is 14.1. The number of aryl methyl sites for hydroxylation is 1. The predicted molar refractivity (Wildman–Crippen MR) is 133 cm³/mol. The number of ether oxygens (including phenoxy) is 1. The van der Waals surface area contributed by atoms with Gasteiger partial charge in [-0.1, -0.05) is 32.0 Å². The van der Waals surface area contributed by atoms with E-state index < -0.39 is 0 Å². The van der Waals surface area contributed by atoms with E-state index in [9.17, 15) is 4.79 Å². The zero-order chi connectivity index (χ0) is 23.8. The van der Waals surface area contributed by atoms with E-state index in [1.165, 1.54) is 11.1 Å². The summed E-state index contributed by atoms with van der Waals surface area (Å²) < 4.78 is 5.57. The van der Waals surface area contributed by atoms with Crippen molar-refractivity contribution in [1.82, 2.24) is 19.8 Å². The molecule has 2 amide bonds. The zero-order valence-corrected chi connectivity index (χ0v) is 20.5. The highest BCUT2D eigenvalue weighted by Crippen LogP contribution is 2.43. The second kappa shape index (κ2) is 9.06. The Morgan fingerprint density at radius 3 is 2.79 bits per heavy atom. The molecule has 7 nitrogen and oxygen atoms in total. The molecule has 0 spiro atoms. The van der Waals surface area contributed by atoms with Crippen LogP contribution >= 0.6 is 0 Å². The molecular formula is C26H35N5O2. The number of piperidine rings is 1. The number of nitrogens with one attached hydrogen (secondary N) is 2. The van der Waals surface area contributed by atoms with Crippen LogP contribution in [0.2, 0.25) is 0 Å². The number of likely N-dealkylation sites (N-methyl/N-ethyl adjacent to an activating group) is 2. The molecule has 1 fully saturated rings. The fraction of sp³-hybridized carbons (Fsp3) is 0.462. The lowest BCUT2D eigenvalue weighted by atomic mass is 9.66. The van der Waals surface area contributed by atoms with Crippen molar-refractivity contribution >= 4 is 23.0 Å². The van der Waals surface area contributed by atoms with E-state index in [2.05, 4.69) is 60.1 Å². The molecular weight excluding hydrogens is 414 g/mol. The van der Waals surface area contributed by atoms with Gasteiger partial charge in [0.15, 0.2) is 0 Å². The summed E-state index contributed by atoms with van der Waals surface area (Å²) in [4.78, 5) is 25.4. The Labute approximate surface area is 196 Å². The first-order valence-electron chi connectivity index (χ1n) is 11.6. The van der Waals surface area contributed by atoms with E-state index >= 15 is 0 Å². The molecule has 1 saturated heterocycles. The van der Waals surface area contributed by atoms with Gasteiger partial charge >= 0.3 is 6.03 Å². The summed E-state index contributed by atoms with van der Waals surface area (Å²) in [5.74, 6) is 1.31. The Balaban J connectivity index is 1.69. The van der Waals surface area contributed by atoms with Crippen molar-refractivity contribution < 1.29 is 9.53 Å². The Morgan fingerprint density at radius 2 is 2.09 bits per heavy atom. The van der Waals surface area contributed by atoms with Crippen LogP contribution in [0.1, 0.15) is 38.3 Å². The third kappa shape index (κ3) is 4.17. The largest absolute Gasteiger partial charge is 0.497 e. The maximum atomic E-state index is 13.4. The number of H-pyrrole nitrogens is 1. The number of rotatable bonds is 5. The van der Waals surface area contributed by atoms with Crippen LogP contribution in [0.25, 0.3) is 11.0 Å². The van der Waals surface area contributed by atoms with E-state index in [4.69, 9.17) is 4.74 Å². The number of anilines is 1. The highest BCUT2D eigenvalue weighted by atomic mass is 16.5. The number of para-hydroxylation sites is 2. The SMILES string of the molecule is CCc1ccc(OC)cc1[C@@]1(C)CCN(C)C(C)[C@@H]1N(C)C(=O)Nc1nc2ccccc2[nH]1. The minimum absolute atomic E-state index is 0.0435. The normalized spacial score (nSPS) is 23.5. The second-order valence-corrected chi connectivity index (χ2v) is 9.35. The molecule has 0 saturated carbocycles. The molecule has 4 rings (SSSR count). The number of carbonyl (C=O) groups is 1. The molecule has 1 unspecified atom stereocenters. The van der Waals surface area contributed by atoms with Gasteiger partial charge in [-0.05, 0) is 68.8 Å². The average Bonchev–Trinajstić information content (AvgIpc) is 3.23. The Bertz CT molecular complexity index is 1110.